The van der Waals surface area contributed by atoms with Gasteiger partial charge in [-0.1, -0.05) is 120 Å². The molecule has 1 aliphatic rings. The molecule has 0 radical (unpaired) electrons. The van der Waals surface area contributed by atoms with Crippen molar-refractivity contribution in [1.82, 2.24) is 0 Å². The minimum absolute atomic E-state index is 0.101. The molecular formula is C44H38Cl2N6O8. The minimum atomic E-state index is -2.19. The lowest BCUT2D eigenvalue weighted by atomic mass is 9.95. The van der Waals surface area contributed by atoms with Gasteiger partial charge in [-0.25, -0.2) is 0 Å². The summed E-state index contributed by atoms with van der Waals surface area (Å²) in [5.41, 5.74) is 6.78. The van der Waals surface area contributed by atoms with Crippen LogP contribution in [0.3, 0.4) is 0 Å². The fourth-order valence-corrected chi connectivity index (χ4v) is 6.88. The van der Waals surface area contributed by atoms with Crippen LogP contribution in [0.25, 0.3) is 20.7 Å². The van der Waals surface area contributed by atoms with Crippen LogP contribution in [0.1, 0.15) is 22.3 Å². The number of anilines is 2. The topological polar surface area (TPSA) is 202 Å². The Morgan fingerprint density at radius 1 is 0.667 bits per heavy atom. The van der Waals surface area contributed by atoms with Crippen molar-refractivity contribution in [1.29, 1.82) is 10.8 Å². The number of halogens is 2. The number of ether oxygens (including phenoxy) is 2. The molecule has 1 heterocycles. The summed E-state index contributed by atoms with van der Waals surface area (Å²) in [6, 6.07) is 39.5. The Labute approximate surface area is 355 Å². The van der Waals surface area contributed by atoms with Crippen LogP contribution in [-0.2, 0) is 35.8 Å². The number of aliphatic carboxylic acids is 2. The van der Waals surface area contributed by atoms with E-state index in [-0.39, 0.29) is 37.8 Å². The van der Waals surface area contributed by atoms with Crippen molar-refractivity contribution in [3.63, 3.8) is 0 Å². The van der Waals surface area contributed by atoms with E-state index in [9.17, 15) is 10.5 Å². The summed E-state index contributed by atoms with van der Waals surface area (Å²) in [6.45, 7) is 2.77. The molecular weight excluding hydrogens is 811 g/mol. The molecule has 0 fully saturated rings. The van der Waals surface area contributed by atoms with Gasteiger partial charge in [-0.05, 0) is 45.2 Å². The van der Waals surface area contributed by atoms with E-state index < -0.39 is 11.9 Å². The second kappa shape index (κ2) is 21.7. The van der Waals surface area contributed by atoms with E-state index in [0.29, 0.717) is 34.6 Å². The molecule has 0 bridgehead atoms. The first-order valence-corrected chi connectivity index (χ1v) is 19.2. The number of aliphatic hydroxyl groups is 2. The molecule has 6 aromatic rings. The van der Waals surface area contributed by atoms with E-state index in [2.05, 4.69) is 80.4 Å². The van der Waals surface area contributed by atoms with Crippen molar-refractivity contribution in [2.75, 3.05) is 36.2 Å². The molecule has 0 aromatic heterocycles. The summed E-state index contributed by atoms with van der Waals surface area (Å²) in [5.74, 6) is -3.34. The van der Waals surface area contributed by atoms with Crippen LogP contribution in [0.4, 0.5) is 22.7 Å². The first-order valence-electron chi connectivity index (χ1n) is 18.4. The van der Waals surface area contributed by atoms with Crippen molar-refractivity contribution in [3.8, 4) is 11.5 Å². The van der Waals surface area contributed by atoms with Crippen LogP contribution in [0.5, 0.6) is 11.5 Å². The zero-order valence-corrected chi connectivity index (χ0v) is 33.5. The number of nitrogens with zero attached hydrogens (tertiary/aromatic N) is 6. The number of carbonyl (C=O) groups excluding carboxylic acids is 2. The van der Waals surface area contributed by atoms with Gasteiger partial charge in [0.05, 0.1) is 48.7 Å². The van der Waals surface area contributed by atoms with Gasteiger partial charge in [0.15, 0.2) is 21.5 Å². The first kappa shape index (κ1) is 44.2. The highest BCUT2D eigenvalue weighted by Crippen LogP contribution is 2.42. The molecule has 0 saturated carbocycles. The summed E-state index contributed by atoms with van der Waals surface area (Å²) in [5, 5.41) is 57.6. The fraction of sp³-hybridized carbons (Fsp3) is 0.182. The molecule has 16 heteroatoms. The smallest absolute Gasteiger partial charge is 0.407 e. The third-order valence-electron chi connectivity index (χ3n) is 9.05. The molecule has 1 aliphatic heterocycles. The quantitative estimate of drug-likeness (QED) is 0.0970. The van der Waals surface area contributed by atoms with E-state index in [0.717, 1.165) is 35.6 Å². The lowest BCUT2D eigenvalue weighted by Gasteiger charge is -2.32. The summed E-state index contributed by atoms with van der Waals surface area (Å²) >= 11 is 12.6. The van der Waals surface area contributed by atoms with Gasteiger partial charge in [0.25, 0.3) is 0 Å². The number of benzene rings is 6. The van der Waals surface area contributed by atoms with Crippen LogP contribution in [0.15, 0.2) is 121 Å². The van der Waals surface area contributed by atoms with Crippen LogP contribution >= 0.6 is 23.2 Å². The highest BCUT2D eigenvalue weighted by molar-refractivity contribution is 6.34. The SMILES string of the molecule is N#[N+]c1cc(OCCO)c(N(Cc2ccccc2)Cc2ccccc2)cc1Cl.N#[N+]c1cc(OCCO)c(N2Cc3cccc4cccc(c34)C2)cc1Cl.O=C([O-])C(=O)[O-]. The second-order valence-corrected chi connectivity index (χ2v) is 13.9. The summed E-state index contributed by atoms with van der Waals surface area (Å²) < 4.78 is 11.4. The molecule has 0 unspecified atom stereocenters. The molecule has 0 amide bonds. The van der Waals surface area contributed by atoms with Gasteiger partial charge >= 0.3 is 11.4 Å². The standard InChI is InChI=1S/C22H21ClN3O2.C20H17ClN3O2.C2H2O4/c23-19-13-21(22(28-12-11-27)14-20(19)25-24)26(15-17-7-3-1-4-8-17)16-18-9-5-2-6-10-18;21-16-9-18(19(26-8-7-25)10-17(16)23-22)24-11-14-5-1-3-13-4-2-6-15(12-24)20(13)14;3-1(4)2(5)6/h1-10,13-14,27H,11-12,15-16H2;1-6,9-10,25H,7-8,11-12H2;(H,3,4)(H,5,6)/q2*+1;/p-2. The number of aliphatic hydroxyl groups excluding tert-OH is 2. The van der Waals surface area contributed by atoms with Crippen LogP contribution in [0, 0.1) is 10.8 Å². The van der Waals surface area contributed by atoms with E-state index >= 15 is 0 Å². The third kappa shape index (κ3) is 11.6. The fourth-order valence-electron chi connectivity index (χ4n) is 6.49. The molecule has 14 nitrogen and oxygen atoms in total. The Morgan fingerprint density at radius 2 is 1.13 bits per heavy atom. The normalized spacial score (nSPS) is 11.1. The van der Waals surface area contributed by atoms with Gasteiger partial charge in [0, 0.05) is 26.2 Å². The van der Waals surface area contributed by atoms with Crippen molar-refractivity contribution in [2.24, 2.45) is 0 Å². The van der Waals surface area contributed by atoms with Crippen LogP contribution in [-0.4, -0.2) is 48.6 Å². The van der Waals surface area contributed by atoms with Gasteiger partial charge in [-0.2, -0.15) is 0 Å². The Hall–Kier alpha value is -6.94. The van der Waals surface area contributed by atoms with Crippen LogP contribution < -0.4 is 29.5 Å². The molecule has 6 aromatic carbocycles. The predicted molar refractivity (Wildman–Crippen MR) is 224 cm³/mol. The second-order valence-electron chi connectivity index (χ2n) is 13.1. The maximum absolute atomic E-state index is 9.19. The number of hydrogen-bond donors (Lipinski definition) is 2. The Balaban J connectivity index is 0.000000201. The Kier molecular flexibility index (Phi) is 16.0. The van der Waals surface area contributed by atoms with Crippen LogP contribution in [0.2, 0.25) is 10.0 Å². The predicted octanol–water partition coefficient (Wildman–Crippen LogP) is 6.76. The lowest BCUT2D eigenvalue weighted by molar-refractivity contribution is -0.345. The lowest BCUT2D eigenvalue weighted by Crippen LogP contribution is -2.42. The van der Waals surface area contributed by atoms with Crippen molar-refractivity contribution < 1.29 is 39.5 Å². The summed E-state index contributed by atoms with van der Waals surface area (Å²) in [7, 11) is 0. The molecule has 0 aliphatic carbocycles. The van der Waals surface area contributed by atoms with Gasteiger partial charge in [0.1, 0.15) is 23.3 Å². The van der Waals surface area contributed by atoms with Gasteiger partial charge in [-0.15, -0.1) is 0 Å². The Morgan fingerprint density at radius 3 is 1.60 bits per heavy atom. The summed E-state index contributed by atoms with van der Waals surface area (Å²) in [6.07, 6.45) is 0. The van der Waals surface area contributed by atoms with Gasteiger partial charge < -0.3 is 49.3 Å². The average Bonchev–Trinajstić information content (AvgIpc) is 3.26. The highest BCUT2D eigenvalue weighted by atomic mass is 35.5. The number of carbonyl (C=O) groups is 2. The van der Waals surface area contributed by atoms with Gasteiger partial charge in [-0.3, -0.25) is 0 Å². The van der Waals surface area contributed by atoms with E-state index in [1.54, 1.807) is 24.3 Å². The third-order valence-corrected chi connectivity index (χ3v) is 9.66. The molecule has 2 N–H and O–H groups in total. The maximum Gasteiger partial charge on any atom is 0.407 e. The largest absolute Gasteiger partial charge is 0.543 e. The van der Waals surface area contributed by atoms with E-state index in [4.69, 9.17) is 63.0 Å². The number of diazo groups is 2. The summed E-state index contributed by atoms with van der Waals surface area (Å²) in [4.78, 5) is 28.6. The van der Waals surface area contributed by atoms with E-state index in [1.807, 2.05) is 36.4 Å². The average molecular weight is 850 g/mol. The molecule has 0 spiro atoms. The maximum atomic E-state index is 9.19. The molecule has 306 valence electrons. The molecule has 0 atom stereocenters. The highest BCUT2D eigenvalue weighted by Gasteiger charge is 2.26. The monoisotopic (exact) mass is 848 g/mol. The number of hydrogen-bond acceptors (Lipinski definition) is 12. The number of carboxylic acid groups (broad SMARTS) is 2. The molecule has 7 rings (SSSR count). The van der Waals surface area contributed by atoms with Crippen molar-refractivity contribution >= 4 is 68.7 Å². The molecule has 0 saturated heterocycles. The molecule has 60 heavy (non-hydrogen) atoms. The zero-order chi connectivity index (χ0) is 43.0. The van der Waals surface area contributed by atoms with Gasteiger partial charge in [0.2, 0.25) is 10.8 Å². The minimum Gasteiger partial charge on any atom is -0.543 e. The van der Waals surface area contributed by atoms with Crippen molar-refractivity contribution in [2.45, 2.75) is 26.2 Å². The number of rotatable bonds is 12. The van der Waals surface area contributed by atoms with E-state index in [1.165, 1.54) is 21.9 Å². The number of carboxylic acids is 2. The van der Waals surface area contributed by atoms with Crippen molar-refractivity contribution in [3.05, 3.63) is 164 Å². The Bertz CT molecular complexity index is 2420. The first-order chi connectivity index (χ1) is 29.1. The zero-order valence-electron chi connectivity index (χ0n) is 32.0.